The molecule has 1 fully saturated rings. The number of aryl methyl sites for hydroxylation is 1. The van der Waals surface area contributed by atoms with Crippen molar-refractivity contribution in [2.75, 3.05) is 29.4 Å². The summed E-state index contributed by atoms with van der Waals surface area (Å²) in [6.07, 6.45) is 5.54. The lowest BCUT2D eigenvalue weighted by Gasteiger charge is -2.37. The standard InChI is InChI=1S/C21H26N8O/c1-21(23)6-9-28(10-7-21)16-12-24-17-19(25-16)26-27-20(17)29-8-2-3-13-11-14(18(22)30)4-5-15(13)29/h4-5,11-12H,2-3,6-10,23H2,1H3,(H2,22,30)(H,25,26,27). The molecule has 0 saturated carbocycles. The van der Waals surface area contributed by atoms with Crippen LogP contribution in [0.15, 0.2) is 24.4 Å². The highest BCUT2D eigenvalue weighted by atomic mass is 16.1. The number of carbonyl (C=O) groups excluding carboxylic acids is 1. The molecule has 3 aromatic rings. The number of nitrogens with one attached hydrogen (secondary N) is 1. The summed E-state index contributed by atoms with van der Waals surface area (Å²) in [4.78, 5) is 25.4. The van der Waals surface area contributed by atoms with Crippen LogP contribution in [-0.4, -0.2) is 51.2 Å². The SMILES string of the molecule is CC1(N)CCN(c2cnc3c(N4CCCc5cc(C(N)=O)ccc54)n[nH]c3n2)CC1. The molecule has 0 bridgehead atoms. The van der Waals surface area contributed by atoms with Gasteiger partial charge < -0.3 is 21.3 Å². The number of amides is 1. The summed E-state index contributed by atoms with van der Waals surface area (Å²) in [7, 11) is 0. The van der Waals surface area contributed by atoms with E-state index in [-0.39, 0.29) is 5.54 Å². The normalized spacial score (nSPS) is 18.5. The lowest BCUT2D eigenvalue weighted by molar-refractivity contribution is 0.1000. The fourth-order valence-electron chi connectivity index (χ4n) is 4.34. The summed E-state index contributed by atoms with van der Waals surface area (Å²) in [5.74, 6) is 1.19. The van der Waals surface area contributed by atoms with Crippen molar-refractivity contribution >= 4 is 34.4 Å². The Balaban J connectivity index is 1.46. The number of aromatic nitrogens is 4. The van der Waals surface area contributed by atoms with Gasteiger partial charge >= 0.3 is 0 Å². The minimum Gasteiger partial charge on any atom is -0.366 e. The molecule has 0 unspecified atom stereocenters. The second-order valence-corrected chi connectivity index (χ2v) is 8.58. The van der Waals surface area contributed by atoms with Crippen molar-refractivity contribution in [2.24, 2.45) is 11.5 Å². The zero-order valence-corrected chi connectivity index (χ0v) is 17.1. The van der Waals surface area contributed by atoms with Gasteiger partial charge in [0.2, 0.25) is 5.91 Å². The van der Waals surface area contributed by atoms with Crippen molar-refractivity contribution in [1.82, 2.24) is 20.2 Å². The fourth-order valence-corrected chi connectivity index (χ4v) is 4.34. The van der Waals surface area contributed by atoms with Gasteiger partial charge in [0.15, 0.2) is 17.0 Å². The number of benzene rings is 1. The van der Waals surface area contributed by atoms with Gasteiger partial charge in [0, 0.05) is 36.4 Å². The molecule has 9 nitrogen and oxygen atoms in total. The van der Waals surface area contributed by atoms with E-state index in [1.165, 1.54) is 0 Å². The van der Waals surface area contributed by atoms with E-state index in [9.17, 15) is 4.79 Å². The third-order valence-electron chi connectivity index (χ3n) is 6.21. The first-order chi connectivity index (χ1) is 14.4. The van der Waals surface area contributed by atoms with Crippen LogP contribution in [0.3, 0.4) is 0 Å². The Morgan fingerprint density at radius 1 is 1.23 bits per heavy atom. The van der Waals surface area contributed by atoms with Gasteiger partial charge in [-0.3, -0.25) is 9.89 Å². The molecule has 0 aliphatic carbocycles. The number of primary amides is 1. The maximum Gasteiger partial charge on any atom is 0.248 e. The molecule has 4 heterocycles. The van der Waals surface area contributed by atoms with E-state index in [4.69, 9.17) is 21.4 Å². The van der Waals surface area contributed by atoms with Crippen LogP contribution in [0.25, 0.3) is 11.2 Å². The van der Waals surface area contributed by atoms with E-state index in [0.29, 0.717) is 11.2 Å². The molecule has 1 aromatic carbocycles. The van der Waals surface area contributed by atoms with Crippen LogP contribution in [0, 0.1) is 0 Å². The molecule has 1 saturated heterocycles. The van der Waals surface area contributed by atoms with Gasteiger partial charge in [-0.25, -0.2) is 9.97 Å². The van der Waals surface area contributed by atoms with Crippen LogP contribution < -0.4 is 21.3 Å². The molecule has 2 aliphatic heterocycles. The first kappa shape index (κ1) is 18.8. The number of H-pyrrole nitrogens is 1. The Morgan fingerprint density at radius 2 is 2.03 bits per heavy atom. The minimum absolute atomic E-state index is 0.106. The van der Waals surface area contributed by atoms with Crippen molar-refractivity contribution in [2.45, 2.75) is 38.1 Å². The van der Waals surface area contributed by atoms with E-state index < -0.39 is 5.91 Å². The van der Waals surface area contributed by atoms with Crippen LogP contribution in [0.1, 0.15) is 42.1 Å². The summed E-state index contributed by atoms with van der Waals surface area (Å²) in [6.45, 7) is 4.67. The quantitative estimate of drug-likeness (QED) is 0.605. The molecule has 2 aliphatic rings. The predicted octanol–water partition coefficient (Wildman–Crippen LogP) is 1.85. The number of nitrogens with two attached hydrogens (primary N) is 2. The maximum absolute atomic E-state index is 11.5. The second-order valence-electron chi connectivity index (χ2n) is 8.58. The summed E-state index contributed by atoms with van der Waals surface area (Å²) >= 11 is 0. The van der Waals surface area contributed by atoms with Gasteiger partial charge in [-0.15, -0.1) is 0 Å². The smallest absolute Gasteiger partial charge is 0.248 e. The number of carbonyl (C=O) groups is 1. The number of anilines is 3. The van der Waals surface area contributed by atoms with Gasteiger partial charge in [0.1, 0.15) is 5.82 Å². The second kappa shape index (κ2) is 6.94. The summed E-state index contributed by atoms with van der Waals surface area (Å²) in [5, 5.41) is 7.58. The molecule has 156 valence electrons. The maximum atomic E-state index is 11.5. The summed E-state index contributed by atoms with van der Waals surface area (Å²) in [6, 6.07) is 5.58. The van der Waals surface area contributed by atoms with E-state index in [0.717, 1.165) is 73.7 Å². The van der Waals surface area contributed by atoms with Crippen LogP contribution in [-0.2, 0) is 6.42 Å². The van der Waals surface area contributed by atoms with E-state index in [2.05, 4.69) is 26.9 Å². The summed E-state index contributed by atoms with van der Waals surface area (Å²) in [5.41, 5.74) is 15.7. The molecular formula is C21H26N8O. The molecule has 0 spiro atoms. The molecule has 5 rings (SSSR count). The number of fused-ring (bicyclic) bond motifs is 2. The van der Waals surface area contributed by atoms with Gasteiger partial charge in [0.25, 0.3) is 0 Å². The predicted molar refractivity (Wildman–Crippen MR) is 116 cm³/mol. The zero-order valence-electron chi connectivity index (χ0n) is 17.1. The zero-order chi connectivity index (χ0) is 20.9. The molecular weight excluding hydrogens is 380 g/mol. The lowest BCUT2D eigenvalue weighted by Crippen LogP contribution is -2.48. The highest BCUT2D eigenvalue weighted by Crippen LogP contribution is 2.36. The molecule has 0 atom stereocenters. The van der Waals surface area contributed by atoms with Crippen molar-refractivity contribution < 1.29 is 4.79 Å². The number of hydrogen-bond acceptors (Lipinski definition) is 7. The first-order valence-corrected chi connectivity index (χ1v) is 10.4. The Hall–Kier alpha value is -3.20. The highest BCUT2D eigenvalue weighted by Gasteiger charge is 2.28. The van der Waals surface area contributed by atoms with E-state index >= 15 is 0 Å². The molecule has 30 heavy (non-hydrogen) atoms. The van der Waals surface area contributed by atoms with Crippen LogP contribution >= 0.6 is 0 Å². The van der Waals surface area contributed by atoms with Gasteiger partial charge in [-0.05, 0) is 56.4 Å². The lowest BCUT2D eigenvalue weighted by atomic mass is 9.91. The minimum atomic E-state index is -0.411. The topological polar surface area (TPSA) is 130 Å². The number of hydrogen-bond donors (Lipinski definition) is 3. The van der Waals surface area contributed by atoms with E-state index in [1.807, 2.05) is 18.3 Å². The highest BCUT2D eigenvalue weighted by molar-refractivity contribution is 5.94. The average molecular weight is 406 g/mol. The van der Waals surface area contributed by atoms with Crippen LogP contribution in [0.2, 0.25) is 0 Å². The van der Waals surface area contributed by atoms with Crippen molar-refractivity contribution in [3.05, 3.63) is 35.5 Å². The molecule has 1 amide bonds. The number of rotatable bonds is 3. The third kappa shape index (κ3) is 3.24. The largest absolute Gasteiger partial charge is 0.366 e. The van der Waals surface area contributed by atoms with Crippen molar-refractivity contribution in [3.8, 4) is 0 Å². The van der Waals surface area contributed by atoms with Crippen LogP contribution in [0.4, 0.5) is 17.3 Å². The Labute approximate surface area is 174 Å². The van der Waals surface area contributed by atoms with E-state index in [1.54, 1.807) is 6.07 Å². The third-order valence-corrected chi connectivity index (χ3v) is 6.21. The summed E-state index contributed by atoms with van der Waals surface area (Å²) < 4.78 is 0. The Morgan fingerprint density at radius 3 is 2.80 bits per heavy atom. The Kier molecular flexibility index (Phi) is 4.35. The molecule has 2 aromatic heterocycles. The number of nitrogens with zero attached hydrogens (tertiary/aromatic N) is 5. The van der Waals surface area contributed by atoms with Gasteiger partial charge in [0.05, 0.1) is 6.20 Å². The van der Waals surface area contributed by atoms with Crippen LogP contribution in [0.5, 0.6) is 0 Å². The number of piperidine rings is 1. The van der Waals surface area contributed by atoms with Gasteiger partial charge in [-0.2, -0.15) is 5.10 Å². The first-order valence-electron chi connectivity index (χ1n) is 10.4. The van der Waals surface area contributed by atoms with Crippen molar-refractivity contribution in [3.63, 3.8) is 0 Å². The Bertz CT molecular complexity index is 1110. The fraction of sp³-hybridized carbons (Fsp3) is 0.429. The monoisotopic (exact) mass is 406 g/mol. The molecule has 9 heteroatoms. The van der Waals surface area contributed by atoms with Crippen molar-refractivity contribution in [1.29, 1.82) is 0 Å². The number of aromatic amines is 1. The van der Waals surface area contributed by atoms with Gasteiger partial charge in [-0.1, -0.05) is 0 Å². The molecule has 5 N–H and O–H groups in total. The molecule has 0 radical (unpaired) electrons. The average Bonchev–Trinajstić information content (AvgIpc) is 3.16.